The molecule has 1 aliphatic heterocycles. The van der Waals surface area contributed by atoms with Crippen molar-refractivity contribution in [3.05, 3.63) is 77.6 Å². The molecule has 6 nitrogen and oxygen atoms in total. The van der Waals surface area contributed by atoms with Crippen molar-refractivity contribution >= 4 is 11.7 Å². The Labute approximate surface area is 171 Å². The molecular weight excluding hydrogens is 362 g/mol. The highest BCUT2D eigenvalue weighted by atomic mass is 16.2. The van der Waals surface area contributed by atoms with E-state index < -0.39 is 0 Å². The number of amides is 2. The number of likely N-dealkylation sites (tertiary alicyclic amines) is 1. The molecule has 0 unspecified atom stereocenters. The monoisotopic (exact) mass is 389 g/mol. The summed E-state index contributed by atoms with van der Waals surface area (Å²) in [4.78, 5) is 15.0. The van der Waals surface area contributed by atoms with Gasteiger partial charge < -0.3 is 10.6 Å². The average Bonchev–Trinajstić information content (AvgIpc) is 3.28. The van der Waals surface area contributed by atoms with Crippen molar-refractivity contribution in [2.75, 3.05) is 18.4 Å². The van der Waals surface area contributed by atoms with E-state index in [0.29, 0.717) is 0 Å². The van der Waals surface area contributed by atoms with Crippen molar-refractivity contribution < 1.29 is 4.79 Å². The molecule has 2 heterocycles. The minimum absolute atomic E-state index is 0.152. The van der Waals surface area contributed by atoms with Gasteiger partial charge in [0.25, 0.3) is 0 Å². The van der Waals surface area contributed by atoms with E-state index in [2.05, 4.69) is 44.9 Å². The molecule has 1 saturated heterocycles. The Kier molecular flexibility index (Phi) is 5.62. The standard InChI is InChI=1S/C23H27N5O/c1-17-14-18(2)28(26-17)22-11-7-6-10-21(22)25-23(29)24-20-12-13-27(16-20)15-19-8-4-3-5-9-19/h3-11,14,20H,12-13,15-16H2,1-2H3,(H2,24,25,29)/t20-/m1/s1. The number of benzene rings is 2. The summed E-state index contributed by atoms with van der Waals surface area (Å²) < 4.78 is 1.86. The molecule has 1 aliphatic rings. The molecule has 1 fully saturated rings. The molecule has 2 N–H and O–H groups in total. The first kappa shape index (κ1) is 19.2. The molecule has 2 amide bonds. The molecule has 1 aromatic heterocycles. The van der Waals surface area contributed by atoms with Crippen molar-refractivity contribution in [3.8, 4) is 5.69 Å². The summed E-state index contributed by atoms with van der Waals surface area (Å²) in [5, 5.41) is 10.7. The lowest BCUT2D eigenvalue weighted by molar-refractivity contribution is 0.247. The maximum Gasteiger partial charge on any atom is 0.319 e. The van der Waals surface area contributed by atoms with Gasteiger partial charge in [-0.25, -0.2) is 9.48 Å². The van der Waals surface area contributed by atoms with Gasteiger partial charge in [-0.05, 0) is 44.0 Å². The van der Waals surface area contributed by atoms with E-state index in [1.807, 2.05) is 54.9 Å². The van der Waals surface area contributed by atoms with E-state index in [-0.39, 0.29) is 12.1 Å². The van der Waals surface area contributed by atoms with Gasteiger partial charge in [-0.3, -0.25) is 4.90 Å². The first-order chi connectivity index (χ1) is 14.1. The largest absolute Gasteiger partial charge is 0.334 e. The van der Waals surface area contributed by atoms with Crippen LogP contribution < -0.4 is 10.6 Å². The third kappa shape index (κ3) is 4.66. The second-order valence-electron chi connectivity index (χ2n) is 7.66. The average molecular weight is 390 g/mol. The van der Waals surface area contributed by atoms with E-state index in [0.717, 1.165) is 48.8 Å². The van der Waals surface area contributed by atoms with Gasteiger partial charge in [0.15, 0.2) is 0 Å². The van der Waals surface area contributed by atoms with Gasteiger partial charge >= 0.3 is 6.03 Å². The van der Waals surface area contributed by atoms with Crippen LogP contribution in [0.25, 0.3) is 5.69 Å². The lowest BCUT2D eigenvalue weighted by atomic mass is 10.2. The van der Waals surface area contributed by atoms with Crippen molar-refractivity contribution in [2.45, 2.75) is 32.9 Å². The predicted octanol–water partition coefficient (Wildman–Crippen LogP) is 3.89. The van der Waals surface area contributed by atoms with Crippen LogP contribution in [0.2, 0.25) is 0 Å². The zero-order valence-corrected chi connectivity index (χ0v) is 16.9. The fraction of sp³-hybridized carbons (Fsp3) is 0.304. The normalized spacial score (nSPS) is 16.7. The van der Waals surface area contributed by atoms with Gasteiger partial charge in [0.2, 0.25) is 0 Å². The molecule has 1 atom stereocenters. The Morgan fingerprint density at radius 2 is 1.86 bits per heavy atom. The number of urea groups is 1. The van der Waals surface area contributed by atoms with Gasteiger partial charge in [0.05, 0.1) is 17.1 Å². The Morgan fingerprint density at radius 3 is 2.62 bits per heavy atom. The van der Waals surface area contributed by atoms with E-state index in [4.69, 9.17) is 0 Å². The molecule has 0 aliphatic carbocycles. The molecule has 29 heavy (non-hydrogen) atoms. The summed E-state index contributed by atoms with van der Waals surface area (Å²) in [6, 6.07) is 20.2. The second kappa shape index (κ2) is 8.49. The number of anilines is 1. The number of aryl methyl sites for hydroxylation is 2. The highest BCUT2D eigenvalue weighted by molar-refractivity contribution is 5.91. The third-order valence-electron chi connectivity index (χ3n) is 5.25. The Morgan fingerprint density at radius 1 is 1.10 bits per heavy atom. The van der Waals surface area contributed by atoms with Gasteiger partial charge in [-0.1, -0.05) is 42.5 Å². The molecule has 150 valence electrons. The number of carbonyl (C=O) groups is 1. The van der Waals surface area contributed by atoms with Crippen LogP contribution in [0.4, 0.5) is 10.5 Å². The number of nitrogens with one attached hydrogen (secondary N) is 2. The van der Waals surface area contributed by atoms with Gasteiger partial charge in [-0.2, -0.15) is 5.10 Å². The minimum atomic E-state index is -0.175. The van der Waals surface area contributed by atoms with Crippen molar-refractivity contribution in [3.63, 3.8) is 0 Å². The summed E-state index contributed by atoms with van der Waals surface area (Å²) in [7, 11) is 0. The Balaban J connectivity index is 1.37. The first-order valence-corrected chi connectivity index (χ1v) is 10.0. The predicted molar refractivity (Wildman–Crippen MR) is 115 cm³/mol. The van der Waals surface area contributed by atoms with Gasteiger partial charge in [-0.15, -0.1) is 0 Å². The van der Waals surface area contributed by atoms with Crippen molar-refractivity contribution in [1.82, 2.24) is 20.0 Å². The van der Waals surface area contributed by atoms with Gasteiger partial charge in [0.1, 0.15) is 0 Å². The fourth-order valence-corrected chi connectivity index (χ4v) is 3.92. The number of rotatable bonds is 5. The molecule has 0 radical (unpaired) electrons. The molecule has 2 aromatic carbocycles. The van der Waals surface area contributed by atoms with Crippen LogP contribution in [0.3, 0.4) is 0 Å². The molecule has 0 bridgehead atoms. The topological polar surface area (TPSA) is 62.2 Å². The summed E-state index contributed by atoms with van der Waals surface area (Å²) in [5.74, 6) is 0. The zero-order valence-electron chi connectivity index (χ0n) is 16.9. The van der Waals surface area contributed by atoms with Crippen LogP contribution in [0, 0.1) is 13.8 Å². The molecule has 0 spiro atoms. The molecular formula is C23H27N5O. The van der Waals surface area contributed by atoms with Crippen LogP contribution in [0.5, 0.6) is 0 Å². The van der Waals surface area contributed by atoms with Crippen LogP contribution in [-0.4, -0.2) is 39.8 Å². The number of aromatic nitrogens is 2. The second-order valence-corrected chi connectivity index (χ2v) is 7.66. The summed E-state index contributed by atoms with van der Waals surface area (Å²) >= 11 is 0. The van der Waals surface area contributed by atoms with E-state index in [9.17, 15) is 4.79 Å². The third-order valence-corrected chi connectivity index (χ3v) is 5.25. The van der Waals surface area contributed by atoms with E-state index >= 15 is 0 Å². The number of carbonyl (C=O) groups excluding carboxylic acids is 1. The quantitative estimate of drug-likeness (QED) is 0.696. The lowest BCUT2D eigenvalue weighted by Gasteiger charge is -2.18. The summed E-state index contributed by atoms with van der Waals surface area (Å²) in [6.45, 7) is 6.75. The van der Waals surface area contributed by atoms with Crippen molar-refractivity contribution in [1.29, 1.82) is 0 Å². The van der Waals surface area contributed by atoms with Gasteiger partial charge in [0, 0.05) is 31.4 Å². The smallest absolute Gasteiger partial charge is 0.319 e. The summed E-state index contributed by atoms with van der Waals surface area (Å²) in [5.41, 5.74) is 4.90. The summed E-state index contributed by atoms with van der Waals surface area (Å²) in [6.07, 6.45) is 0.958. The Bertz CT molecular complexity index is 982. The fourth-order valence-electron chi connectivity index (χ4n) is 3.92. The van der Waals surface area contributed by atoms with E-state index in [1.54, 1.807) is 0 Å². The van der Waals surface area contributed by atoms with Crippen LogP contribution in [-0.2, 0) is 6.54 Å². The Hall–Kier alpha value is -3.12. The molecule has 3 aromatic rings. The van der Waals surface area contributed by atoms with Crippen molar-refractivity contribution in [2.24, 2.45) is 0 Å². The number of nitrogens with zero attached hydrogens (tertiary/aromatic N) is 3. The number of hydrogen-bond acceptors (Lipinski definition) is 3. The zero-order chi connectivity index (χ0) is 20.2. The molecule has 0 saturated carbocycles. The minimum Gasteiger partial charge on any atom is -0.334 e. The number of para-hydroxylation sites is 2. The molecule has 4 rings (SSSR count). The maximum atomic E-state index is 12.6. The van der Waals surface area contributed by atoms with Crippen LogP contribution in [0.15, 0.2) is 60.7 Å². The van der Waals surface area contributed by atoms with Crippen LogP contribution >= 0.6 is 0 Å². The highest BCUT2D eigenvalue weighted by Gasteiger charge is 2.24. The number of hydrogen-bond donors (Lipinski definition) is 2. The highest BCUT2D eigenvalue weighted by Crippen LogP contribution is 2.22. The maximum absolute atomic E-state index is 12.6. The van der Waals surface area contributed by atoms with E-state index in [1.165, 1.54) is 5.56 Å². The first-order valence-electron chi connectivity index (χ1n) is 10.0. The lowest BCUT2D eigenvalue weighted by Crippen LogP contribution is -2.39. The molecule has 6 heteroatoms. The SMILES string of the molecule is Cc1cc(C)n(-c2ccccc2NC(=O)N[C@@H]2CCN(Cc3ccccc3)C2)n1. The van der Waals surface area contributed by atoms with Crippen LogP contribution in [0.1, 0.15) is 23.4 Å².